The molecule has 0 radical (unpaired) electrons. The van der Waals surface area contributed by atoms with Crippen LogP contribution in [0, 0.1) is 0 Å². The molecular weight excluding hydrogens is 356 g/mol. The van der Waals surface area contributed by atoms with Gasteiger partial charge in [-0.1, -0.05) is 6.07 Å². The van der Waals surface area contributed by atoms with Crippen LogP contribution in [-0.4, -0.2) is 46.8 Å². The van der Waals surface area contributed by atoms with Crippen LogP contribution in [0.4, 0.5) is 0 Å². The van der Waals surface area contributed by atoms with Crippen LogP contribution < -0.4 is 9.47 Å². The number of nitrogens with zero attached hydrogens (tertiary/aromatic N) is 3. The Labute approximate surface area is 163 Å². The summed E-state index contributed by atoms with van der Waals surface area (Å²) < 4.78 is 10.6. The van der Waals surface area contributed by atoms with Crippen LogP contribution in [0.1, 0.15) is 29.5 Å². The number of carbonyl (C=O) groups excluding carboxylic acids is 1. The van der Waals surface area contributed by atoms with Crippen molar-refractivity contribution in [3.63, 3.8) is 0 Å². The van der Waals surface area contributed by atoms with Gasteiger partial charge in [-0.15, -0.1) is 0 Å². The first-order valence-corrected chi connectivity index (χ1v) is 9.48. The number of carbonyl (C=O) groups is 1. The van der Waals surface area contributed by atoms with Crippen LogP contribution in [0.2, 0.25) is 0 Å². The summed E-state index contributed by atoms with van der Waals surface area (Å²) in [5.41, 5.74) is 4.33. The second-order valence-corrected chi connectivity index (χ2v) is 7.00. The zero-order chi connectivity index (χ0) is 19.5. The number of pyridine rings is 1. The monoisotopic (exact) mass is 380 g/mol. The maximum Gasteiger partial charge on any atom is 0.222 e. The molecule has 1 aliphatic heterocycles. The minimum absolute atomic E-state index is 0.193. The van der Waals surface area contributed by atoms with E-state index in [4.69, 9.17) is 9.47 Å². The van der Waals surface area contributed by atoms with Gasteiger partial charge in [0.05, 0.1) is 20.4 Å². The smallest absolute Gasteiger partial charge is 0.222 e. The van der Waals surface area contributed by atoms with E-state index in [1.165, 1.54) is 5.56 Å². The Hall–Kier alpha value is -3.09. The summed E-state index contributed by atoms with van der Waals surface area (Å²) in [6.07, 6.45) is 6.69. The number of aromatic amines is 1. The summed E-state index contributed by atoms with van der Waals surface area (Å²) in [5, 5.41) is 8.04. The standard InChI is InChI=1S/C21H24N4O3/c1-27-18-7-6-14(10-19(18)28-2)4-3-5-20(26)25-9-8-16-15(13-25)11-22-21-17(16)12-23-24-21/h6-7,10-12H,3-5,8-9,13H2,1-2H3,(H,22,23,24). The predicted molar refractivity (Wildman–Crippen MR) is 105 cm³/mol. The second-order valence-electron chi connectivity index (χ2n) is 7.00. The van der Waals surface area contributed by atoms with Crippen molar-refractivity contribution < 1.29 is 14.3 Å². The zero-order valence-corrected chi connectivity index (χ0v) is 16.2. The van der Waals surface area contributed by atoms with Gasteiger partial charge in [-0.3, -0.25) is 9.89 Å². The van der Waals surface area contributed by atoms with Crippen molar-refractivity contribution in [1.29, 1.82) is 0 Å². The van der Waals surface area contributed by atoms with E-state index in [0.717, 1.165) is 59.5 Å². The van der Waals surface area contributed by atoms with Gasteiger partial charge in [0.15, 0.2) is 17.1 Å². The quantitative estimate of drug-likeness (QED) is 0.711. The second kappa shape index (κ2) is 7.88. The average molecular weight is 380 g/mol. The highest BCUT2D eigenvalue weighted by Gasteiger charge is 2.22. The molecule has 7 heteroatoms. The lowest BCUT2D eigenvalue weighted by Crippen LogP contribution is -2.36. The minimum atomic E-state index is 0.193. The molecule has 146 valence electrons. The molecule has 1 aliphatic rings. The number of H-pyrrole nitrogens is 1. The Morgan fingerprint density at radius 2 is 2.07 bits per heavy atom. The molecule has 0 aliphatic carbocycles. The maximum atomic E-state index is 12.7. The van der Waals surface area contributed by atoms with Gasteiger partial charge < -0.3 is 14.4 Å². The summed E-state index contributed by atoms with van der Waals surface area (Å²) in [7, 11) is 3.26. The van der Waals surface area contributed by atoms with Crippen molar-refractivity contribution >= 4 is 16.9 Å². The van der Waals surface area contributed by atoms with Crippen LogP contribution in [0.5, 0.6) is 11.5 Å². The molecule has 1 amide bonds. The lowest BCUT2D eigenvalue weighted by Gasteiger charge is -2.29. The van der Waals surface area contributed by atoms with Gasteiger partial charge in [0, 0.05) is 31.1 Å². The molecule has 0 saturated carbocycles. The molecule has 1 N–H and O–H groups in total. The molecule has 0 saturated heterocycles. The van der Waals surface area contributed by atoms with E-state index < -0.39 is 0 Å². The Morgan fingerprint density at radius 3 is 2.89 bits per heavy atom. The first-order valence-electron chi connectivity index (χ1n) is 9.48. The van der Waals surface area contributed by atoms with Crippen LogP contribution >= 0.6 is 0 Å². The predicted octanol–water partition coefficient (Wildman–Crippen LogP) is 2.88. The molecule has 2 aromatic heterocycles. The van der Waals surface area contributed by atoms with Crippen LogP contribution in [0.25, 0.3) is 11.0 Å². The molecule has 7 nitrogen and oxygen atoms in total. The van der Waals surface area contributed by atoms with Crippen LogP contribution in [0.15, 0.2) is 30.6 Å². The lowest BCUT2D eigenvalue weighted by molar-refractivity contribution is -0.132. The topological polar surface area (TPSA) is 80.3 Å². The number of benzene rings is 1. The Kier molecular flexibility index (Phi) is 5.14. The summed E-state index contributed by atoms with van der Waals surface area (Å²) in [6, 6.07) is 5.90. The molecule has 0 atom stereocenters. The average Bonchev–Trinajstić information content (AvgIpc) is 3.22. The molecule has 0 bridgehead atoms. The van der Waals surface area contributed by atoms with Gasteiger partial charge in [0.2, 0.25) is 5.91 Å². The summed E-state index contributed by atoms with van der Waals surface area (Å²) in [6.45, 7) is 1.37. The molecule has 1 aromatic carbocycles. The van der Waals surface area contributed by atoms with Gasteiger partial charge in [-0.05, 0) is 48.1 Å². The fraction of sp³-hybridized carbons (Fsp3) is 0.381. The third kappa shape index (κ3) is 3.52. The fourth-order valence-corrected chi connectivity index (χ4v) is 3.81. The Balaban J connectivity index is 1.34. The van der Waals surface area contributed by atoms with Crippen LogP contribution in [-0.2, 0) is 24.2 Å². The van der Waals surface area contributed by atoms with E-state index in [0.29, 0.717) is 13.0 Å². The molecule has 4 rings (SSSR count). The molecule has 3 heterocycles. The first kappa shape index (κ1) is 18.3. The van der Waals surface area contributed by atoms with E-state index in [1.54, 1.807) is 14.2 Å². The molecular formula is C21H24N4O3. The normalized spacial score (nSPS) is 13.4. The SMILES string of the molecule is COc1ccc(CCCC(=O)N2CCc3c(cnc4[nH]ncc34)C2)cc1OC. The van der Waals surface area contributed by atoms with E-state index in [2.05, 4.69) is 15.2 Å². The fourth-order valence-electron chi connectivity index (χ4n) is 3.81. The number of aryl methyl sites for hydroxylation is 1. The maximum absolute atomic E-state index is 12.7. The minimum Gasteiger partial charge on any atom is -0.493 e. The highest BCUT2D eigenvalue weighted by atomic mass is 16.5. The zero-order valence-electron chi connectivity index (χ0n) is 16.2. The highest BCUT2D eigenvalue weighted by molar-refractivity contribution is 5.81. The Morgan fingerprint density at radius 1 is 1.21 bits per heavy atom. The van der Waals surface area contributed by atoms with Crippen molar-refractivity contribution in [2.24, 2.45) is 0 Å². The van der Waals surface area contributed by atoms with Crippen molar-refractivity contribution in [3.8, 4) is 11.5 Å². The molecule has 0 unspecified atom stereocenters. The summed E-state index contributed by atoms with van der Waals surface area (Å²) >= 11 is 0. The van der Waals surface area contributed by atoms with E-state index in [9.17, 15) is 4.79 Å². The molecule has 0 spiro atoms. The third-order valence-electron chi connectivity index (χ3n) is 5.33. The van der Waals surface area contributed by atoms with Gasteiger partial charge in [-0.2, -0.15) is 5.10 Å². The highest BCUT2D eigenvalue weighted by Crippen LogP contribution is 2.28. The largest absolute Gasteiger partial charge is 0.493 e. The number of methoxy groups -OCH3 is 2. The number of rotatable bonds is 6. The van der Waals surface area contributed by atoms with Crippen molar-refractivity contribution in [3.05, 3.63) is 47.3 Å². The van der Waals surface area contributed by atoms with Gasteiger partial charge >= 0.3 is 0 Å². The number of hydrogen-bond donors (Lipinski definition) is 1. The molecule has 28 heavy (non-hydrogen) atoms. The number of aromatic nitrogens is 3. The number of nitrogens with one attached hydrogen (secondary N) is 1. The van der Waals surface area contributed by atoms with Crippen molar-refractivity contribution in [2.45, 2.75) is 32.2 Å². The molecule has 0 fully saturated rings. The molecule has 3 aromatic rings. The van der Waals surface area contributed by atoms with Crippen LogP contribution in [0.3, 0.4) is 0 Å². The van der Waals surface area contributed by atoms with Gasteiger partial charge in [-0.25, -0.2) is 4.98 Å². The van der Waals surface area contributed by atoms with Crippen molar-refractivity contribution in [1.82, 2.24) is 20.1 Å². The van der Waals surface area contributed by atoms with Gasteiger partial charge in [0.25, 0.3) is 0 Å². The number of hydrogen-bond acceptors (Lipinski definition) is 5. The van der Waals surface area contributed by atoms with Crippen molar-refractivity contribution in [2.75, 3.05) is 20.8 Å². The number of amides is 1. The summed E-state index contributed by atoms with van der Waals surface area (Å²) in [5.74, 6) is 1.63. The first-order chi connectivity index (χ1) is 13.7. The lowest BCUT2D eigenvalue weighted by atomic mass is 9.98. The number of ether oxygens (including phenoxy) is 2. The van der Waals surface area contributed by atoms with E-state index in [-0.39, 0.29) is 5.91 Å². The van der Waals surface area contributed by atoms with Gasteiger partial charge in [0.1, 0.15) is 0 Å². The van der Waals surface area contributed by atoms with E-state index >= 15 is 0 Å². The third-order valence-corrected chi connectivity index (χ3v) is 5.33. The Bertz CT molecular complexity index is 998. The van der Waals surface area contributed by atoms with E-state index in [1.807, 2.05) is 35.5 Å². The number of fused-ring (bicyclic) bond motifs is 3. The summed E-state index contributed by atoms with van der Waals surface area (Å²) in [4.78, 5) is 19.0.